The first kappa shape index (κ1) is 24.0. The van der Waals surface area contributed by atoms with Crippen LogP contribution < -0.4 is 10.6 Å². The summed E-state index contributed by atoms with van der Waals surface area (Å²) >= 11 is 1.39. The van der Waals surface area contributed by atoms with E-state index in [9.17, 15) is 9.59 Å². The molecule has 0 saturated carbocycles. The summed E-state index contributed by atoms with van der Waals surface area (Å²) in [5.74, 6) is -0.424. The van der Waals surface area contributed by atoms with Crippen LogP contribution >= 0.6 is 11.8 Å². The molecule has 9 nitrogen and oxygen atoms in total. The second-order valence-corrected chi connectivity index (χ2v) is 7.03. The zero-order chi connectivity index (χ0) is 22.8. The lowest BCUT2D eigenvalue weighted by atomic mass is 10.2. The molecule has 0 unspecified atom stereocenters. The van der Waals surface area contributed by atoms with Gasteiger partial charge in [-0.15, -0.1) is 5.10 Å². The van der Waals surface area contributed by atoms with Gasteiger partial charge in [0.15, 0.2) is 0 Å². The van der Waals surface area contributed by atoms with Crippen LogP contribution in [0.5, 0.6) is 0 Å². The van der Waals surface area contributed by atoms with Crippen molar-refractivity contribution in [1.82, 2.24) is 14.8 Å². The second kappa shape index (κ2) is 11.8. The smallest absolute Gasteiger partial charge is 0.332 e. The van der Waals surface area contributed by atoms with Gasteiger partial charge in [0.05, 0.1) is 24.6 Å². The van der Waals surface area contributed by atoms with Crippen molar-refractivity contribution < 1.29 is 19.1 Å². The molecule has 0 aliphatic rings. The summed E-state index contributed by atoms with van der Waals surface area (Å²) in [6.45, 7) is 7.62. The molecule has 0 radical (unpaired) electrons. The fourth-order valence-corrected chi connectivity index (χ4v) is 2.92. The molecular formula is C21H27N5O4S. The van der Waals surface area contributed by atoms with Crippen molar-refractivity contribution in [3.63, 3.8) is 0 Å². The van der Waals surface area contributed by atoms with Gasteiger partial charge in [0.1, 0.15) is 0 Å². The summed E-state index contributed by atoms with van der Waals surface area (Å²) in [6, 6.07) is 7.48. The van der Waals surface area contributed by atoms with E-state index in [-0.39, 0.29) is 0 Å². The molecule has 166 valence electrons. The first-order valence-corrected chi connectivity index (χ1v) is 10.9. The molecule has 0 saturated heterocycles. The highest BCUT2D eigenvalue weighted by molar-refractivity contribution is 7.98. The number of para-hydroxylation sites is 2. The van der Waals surface area contributed by atoms with Gasteiger partial charge in [0, 0.05) is 23.5 Å². The average molecular weight is 446 g/mol. The number of carbonyl (C=O) groups is 2. The van der Waals surface area contributed by atoms with Crippen LogP contribution in [0, 0.1) is 0 Å². The Labute approximate surface area is 185 Å². The SMILES string of the molecule is CCOC(=O)/C=C(/C)Nc1ccccc1-n1nc(SC)nc1N/C(C)=C\C(=O)OCC. The van der Waals surface area contributed by atoms with Crippen molar-refractivity contribution in [1.29, 1.82) is 0 Å². The van der Waals surface area contributed by atoms with E-state index < -0.39 is 11.9 Å². The van der Waals surface area contributed by atoms with E-state index in [1.807, 2.05) is 30.5 Å². The van der Waals surface area contributed by atoms with Gasteiger partial charge >= 0.3 is 11.9 Å². The summed E-state index contributed by atoms with van der Waals surface area (Å²) < 4.78 is 11.5. The number of esters is 2. The van der Waals surface area contributed by atoms with Gasteiger partial charge < -0.3 is 20.1 Å². The van der Waals surface area contributed by atoms with Crippen LogP contribution in [0.4, 0.5) is 11.6 Å². The molecule has 1 aromatic heterocycles. The summed E-state index contributed by atoms with van der Waals surface area (Å²) in [7, 11) is 0. The number of aromatic nitrogens is 3. The number of thioether (sulfide) groups is 1. The van der Waals surface area contributed by atoms with Crippen LogP contribution in [0.1, 0.15) is 27.7 Å². The normalized spacial score (nSPS) is 11.8. The van der Waals surface area contributed by atoms with Crippen molar-refractivity contribution in [2.45, 2.75) is 32.9 Å². The molecule has 31 heavy (non-hydrogen) atoms. The number of hydrogen-bond acceptors (Lipinski definition) is 9. The lowest BCUT2D eigenvalue weighted by Gasteiger charge is -2.14. The molecule has 0 fully saturated rings. The topological polar surface area (TPSA) is 107 Å². The Morgan fingerprint density at radius 3 is 2.19 bits per heavy atom. The Bertz CT molecular complexity index is 984. The maximum atomic E-state index is 11.7. The Morgan fingerprint density at radius 2 is 1.61 bits per heavy atom. The lowest BCUT2D eigenvalue weighted by molar-refractivity contribution is -0.138. The zero-order valence-corrected chi connectivity index (χ0v) is 19.1. The van der Waals surface area contributed by atoms with Crippen LogP contribution in [0.25, 0.3) is 5.69 Å². The molecule has 2 aromatic rings. The molecule has 0 atom stereocenters. The van der Waals surface area contributed by atoms with E-state index in [0.717, 1.165) is 0 Å². The monoisotopic (exact) mass is 445 g/mol. The minimum Gasteiger partial charge on any atom is -0.463 e. The standard InChI is InChI=1S/C21H27N5O4S/c1-6-29-18(27)12-14(3)22-16-10-8-9-11-17(16)26-20(24-21(25-26)31-5)23-15(4)13-19(28)30-7-2/h8-13,22H,6-7H2,1-5H3,(H,23,24,25)/b14-12-,15-13-. The number of benzene rings is 1. The van der Waals surface area contributed by atoms with Crippen molar-refractivity contribution >= 4 is 35.3 Å². The largest absolute Gasteiger partial charge is 0.463 e. The predicted octanol–water partition coefficient (Wildman–Crippen LogP) is 3.75. The first-order chi connectivity index (χ1) is 14.9. The van der Waals surface area contributed by atoms with Gasteiger partial charge in [0.2, 0.25) is 11.1 Å². The molecule has 0 bridgehead atoms. The summed E-state index contributed by atoms with van der Waals surface area (Å²) in [6.07, 6.45) is 4.62. The predicted molar refractivity (Wildman–Crippen MR) is 121 cm³/mol. The summed E-state index contributed by atoms with van der Waals surface area (Å²) in [5, 5.41) is 11.4. The molecule has 0 aliphatic carbocycles. The van der Waals surface area contributed by atoms with E-state index in [2.05, 4.69) is 20.7 Å². The van der Waals surface area contributed by atoms with E-state index in [0.29, 0.717) is 47.1 Å². The highest BCUT2D eigenvalue weighted by Gasteiger charge is 2.15. The second-order valence-electron chi connectivity index (χ2n) is 6.26. The molecule has 0 amide bonds. The molecule has 2 rings (SSSR count). The average Bonchev–Trinajstić information content (AvgIpc) is 3.11. The number of rotatable bonds is 10. The van der Waals surface area contributed by atoms with E-state index in [1.54, 1.807) is 32.4 Å². The van der Waals surface area contributed by atoms with E-state index in [1.165, 1.54) is 23.9 Å². The number of ether oxygens (including phenoxy) is 2. The number of allylic oxidation sites excluding steroid dienone is 2. The van der Waals surface area contributed by atoms with Crippen LogP contribution in [-0.2, 0) is 19.1 Å². The summed E-state index contributed by atoms with van der Waals surface area (Å²) in [5.41, 5.74) is 2.60. The Hall–Kier alpha value is -3.27. The highest BCUT2D eigenvalue weighted by Crippen LogP contribution is 2.26. The Balaban J connectivity index is 2.38. The summed E-state index contributed by atoms with van der Waals surface area (Å²) in [4.78, 5) is 27.9. The molecule has 0 aliphatic heterocycles. The molecule has 1 aromatic carbocycles. The van der Waals surface area contributed by atoms with Crippen molar-refractivity contribution in [3.05, 3.63) is 47.8 Å². The van der Waals surface area contributed by atoms with Gasteiger partial charge in [0.25, 0.3) is 0 Å². The van der Waals surface area contributed by atoms with Crippen LogP contribution in [0.3, 0.4) is 0 Å². The minimum atomic E-state index is -0.439. The number of nitrogens with one attached hydrogen (secondary N) is 2. The Morgan fingerprint density at radius 1 is 1.03 bits per heavy atom. The van der Waals surface area contributed by atoms with Crippen molar-refractivity contribution in [2.75, 3.05) is 30.1 Å². The third-order valence-corrected chi connectivity index (χ3v) is 4.32. The highest BCUT2D eigenvalue weighted by atomic mass is 32.2. The molecule has 1 heterocycles. The van der Waals surface area contributed by atoms with Crippen LogP contribution in [-0.4, -0.2) is 46.2 Å². The molecule has 10 heteroatoms. The maximum Gasteiger partial charge on any atom is 0.332 e. The fraction of sp³-hybridized carbons (Fsp3) is 0.333. The number of carbonyl (C=O) groups excluding carboxylic acids is 2. The van der Waals surface area contributed by atoms with Gasteiger partial charge in [-0.05, 0) is 46.1 Å². The van der Waals surface area contributed by atoms with Crippen LogP contribution in [0.2, 0.25) is 0 Å². The number of nitrogens with zero attached hydrogens (tertiary/aromatic N) is 3. The maximum absolute atomic E-state index is 11.7. The lowest BCUT2D eigenvalue weighted by Crippen LogP contribution is -2.10. The zero-order valence-electron chi connectivity index (χ0n) is 18.3. The quantitative estimate of drug-likeness (QED) is 0.321. The molecule has 0 spiro atoms. The van der Waals surface area contributed by atoms with E-state index >= 15 is 0 Å². The van der Waals surface area contributed by atoms with E-state index in [4.69, 9.17) is 9.47 Å². The van der Waals surface area contributed by atoms with Gasteiger partial charge in [-0.25, -0.2) is 9.59 Å². The molecular weight excluding hydrogens is 418 g/mol. The van der Waals surface area contributed by atoms with Crippen LogP contribution in [0.15, 0.2) is 53.0 Å². The third kappa shape index (κ3) is 7.18. The number of anilines is 2. The van der Waals surface area contributed by atoms with Crippen molar-refractivity contribution in [2.24, 2.45) is 0 Å². The van der Waals surface area contributed by atoms with Gasteiger partial charge in [-0.3, -0.25) is 0 Å². The molecule has 2 N–H and O–H groups in total. The first-order valence-electron chi connectivity index (χ1n) is 9.72. The van der Waals surface area contributed by atoms with Crippen molar-refractivity contribution in [3.8, 4) is 5.69 Å². The number of hydrogen-bond donors (Lipinski definition) is 2. The fourth-order valence-electron chi connectivity index (χ4n) is 2.57. The van der Waals surface area contributed by atoms with Gasteiger partial charge in [-0.1, -0.05) is 23.9 Å². The Kier molecular flexibility index (Phi) is 9.13. The third-order valence-electron chi connectivity index (χ3n) is 3.79. The minimum absolute atomic E-state index is 0.299. The van der Waals surface area contributed by atoms with Gasteiger partial charge in [-0.2, -0.15) is 9.67 Å².